The molecule has 0 saturated heterocycles. The molecule has 0 radical (unpaired) electrons. The standard InChI is InChI=1S/C17H16N2O/c1-2-11-3-5-12(6-4-11)14-9-13-7-8-19-16(13)15(10-14)17(18)20/h3-10,19H,2H2,1H3,(H2,18,20). The summed E-state index contributed by atoms with van der Waals surface area (Å²) in [5, 5.41) is 0.996. The normalized spacial score (nSPS) is 10.8. The van der Waals surface area contributed by atoms with E-state index in [0.29, 0.717) is 5.56 Å². The Bertz CT molecular complexity index is 769. The molecule has 1 heterocycles. The largest absolute Gasteiger partial charge is 0.366 e. The molecule has 100 valence electrons. The number of hydrogen-bond donors (Lipinski definition) is 2. The monoisotopic (exact) mass is 264 g/mol. The van der Waals surface area contributed by atoms with Crippen LogP contribution in [0.4, 0.5) is 0 Å². The van der Waals surface area contributed by atoms with Crippen molar-refractivity contribution in [1.82, 2.24) is 4.98 Å². The number of carbonyl (C=O) groups excluding carboxylic acids is 1. The van der Waals surface area contributed by atoms with E-state index in [1.54, 1.807) is 0 Å². The van der Waals surface area contributed by atoms with Crippen LogP contribution in [0.15, 0.2) is 48.7 Å². The molecule has 0 bridgehead atoms. The number of primary amides is 1. The van der Waals surface area contributed by atoms with Crippen molar-refractivity contribution in [3.63, 3.8) is 0 Å². The molecular formula is C17H16N2O. The SMILES string of the molecule is CCc1ccc(-c2cc(C(N)=O)c3[nH]ccc3c2)cc1. The topological polar surface area (TPSA) is 58.9 Å². The van der Waals surface area contributed by atoms with Crippen LogP contribution in [0.2, 0.25) is 0 Å². The first-order valence-corrected chi connectivity index (χ1v) is 6.69. The number of aromatic nitrogens is 1. The Morgan fingerprint density at radius 2 is 1.85 bits per heavy atom. The molecule has 20 heavy (non-hydrogen) atoms. The minimum Gasteiger partial charge on any atom is -0.366 e. The summed E-state index contributed by atoms with van der Waals surface area (Å²) in [5.74, 6) is -0.413. The van der Waals surface area contributed by atoms with Crippen molar-refractivity contribution >= 4 is 16.8 Å². The number of hydrogen-bond acceptors (Lipinski definition) is 1. The fourth-order valence-electron chi connectivity index (χ4n) is 2.47. The first kappa shape index (κ1) is 12.5. The third kappa shape index (κ3) is 2.07. The van der Waals surface area contributed by atoms with E-state index in [1.807, 2.05) is 18.3 Å². The van der Waals surface area contributed by atoms with Gasteiger partial charge < -0.3 is 10.7 Å². The summed E-state index contributed by atoms with van der Waals surface area (Å²) in [7, 11) is 0. The van der Waals surface area contributed by atoms with Crippen LogP contribution in [0.25, 0.3) is 22.0 Å². The maximum Gasteiger partial charge on any atom is 0.250 e. The molecule has 0 spiro atoms. The average molecular weight is 264 g/mol. The number of amides is 1. The molecule has 3 rings (SSSR count). The Labute approximate surface area is 117 Å². The molecule has 2 aromatic carbocycles. The zero-order valence-electron chi connectivity index (χ0n) is 11.3. The maximum absolute atomic E-state index is 11.6. The van der Waals surface area contributed by atoms with Crippen LogP contribution in [0, 0.1) is 0 Å². The number of rotatable bonds is 3. The highest BCUT2D eigenvalue weighted by Gasteiger charge is 2.10. The lowest BCUT2D eigenvalue weighted by atomic mass is 9.99. The lowest BCUT2D eigenvalue weighted by Crippen LogP contribution is -2.11. The Morgan fingerprint density at radius 1 is 1.10 bits per heavy atom. The van der Waals surface area contributed by atoms with E-state index in [0.717, 1.165) is 28.5 Å². The highest BCUT2D eigenvalue weighted by atomic mass is 16.1. The molecule has 3 heteroatoms. The van der Waals surface area contributed by atoms with Crippen LogP contribution in [0.5, 0.6) is 0 Å². The van der Waals surface area contributed by atoms with Gasteiger partial charge in [-0.2, -0.15) is 0 Å². The third-order valence-electron chi connectivity index (χ3n) is 3.62. The van der Waals surface area contributed by atoms with Gasteiger partial charge in [-0.1, -0.05) is 31.2 Å². The van der Waals surface area contributed by atoms with Gasteiger partial charge >= 0.3 is 0 Å². The molecule has 1 aromatic heterocycles. The molecule has 0 aliphatic carbocycles. The fourth-order valence-corrected chi connectivity index (χ4v) is 2.47. The van der Waals surface area contributed by atoms with Gasteiger partial charge in [-0.15, -0.1) is 0 Å². The molecule has 0 aliphatic rings. The summed E-state index contributed by atoms with van der Waals surface area (Å²) in [6.07, 6.45) is 2.84. The van der Waals surface area contributed by atoms with Gasteiger partial charge in [0.2, 0.25) is 0 Å². The van der Waals surface area contributed by atoms with Gasteiger partial charge in [-0.3, -0.25) is 4.79 Å². The fraction of sp³-hybridized carbons (Fsp3) is 0.118. The van der Waals surface area contributed by atoms with Crippen molar-refractivity contribution in [3.8, 4) is 11.1 Å². The van der Waals surface area contributed by atoms with Gasteiger partial charge in [0.05, 0.1) is 11.1 Å². The summed E-state index contributed by atoms with van der Waals surface area (Å²) in [4.78, 5) is 14.7. The van der Waals surface area contributed by atoms with Crippen molar-refractivity contribution in [1.29, 1.82) is 0 Å². The second kappa shape index (κ2) is 4.85. The highest BCUT2D eigenvalue weighted by molar-refractivity contribution is 6.06. The Kier molecular flexibility index (Phi) is 3.03. The number of nitrogens with two attached hydrogens (primary N) is 1. The van der Waals surface area contributed by atoms with Crippen LogP contribution in [0.1, 0.15) is 22.8 Å². The van der Waals surface area contributed by atoms with E-state index in [2.05, 4.69) is 42.2 Å². The first-order chi connectivity index (χ1) is 9.69. The number of H-pyrrole nitrogens is 1. The Morgan fingerprint density at radius 3 is 2.50 bits per heavy atom. The predicted octanol–water partition coefficient (Wildman–Crippen LogP) is 3.50. The van der Waals surface area contributed by atoms with Crippen LogP contribution in [0.3, 0.4) is 0 Å². The Balaban J connectivity index is 2.17. The van der Waals surface area contributed by atoms with E-state index in [4.69, 9.17) is 5.73 Å². The number of carbonyl (C=O) groups is 1. The molecule has 3 N–H and O–H groups in total. The van der Waals surface area contributed by atoms with Crippen LogP contribution >= 0.6 is 0 Å². The van der Waals surface area contributed by atoms with Gasteiger partial charge in [0.1, 0.15) is 0 Å². The molecule has 3 aromatic rings. The molecule has 1 amide bonds. The second-order valence-corrected chi connectivity index (χ2v) is 4.88. The van der Waals surface area contributed by atoms with Crippen LogP contribution in [-0.4, -0.2) is 10.9 Å². The number of nitrogens with one attached hydrogen (secondary N) is 1. The highest BCUT2D eigenvalue weighted by Crippen LogP contribution is 2.27. The lowest BCUT2D eigenvalue weighted by molar-refractivity contribution is 0.100. The molecule has 0 aliphatic heterocycles. The van der Waals surface area contributed by atoms with E-state index in [9.17, 15) is 4.79 Å². The molecule has 0 fully saturated rings. The summed E-state index contributed by atoms with van der Waals surface area (Å²) in [6.45, 7) is 2.13. The molecule has 0 saturated carbocycles. The van der Waals surface area contributed by atoms with E-state index in [1.165, 1.54) is 5.56 Å². The summed E-state index contributed by atoms with van der Waals surface area (Å²) in [6, 6.07) is 14.3. The van der Waals surface area contributed by atoms with E-state index < -0.39 is 5.91 Å². The zero-order valence-corrected chi connectivity index (χ0v) is 11.3. The lowest BCUT2D eigenvalue weighted by Gasteiger charge is -2.07. The van der Waals surface area contributed by atoms with Crippen molar-refractivity contribution in [2.45, 2.75) is 13.3 Å². The number of aryl methyl sites for hydroxylation is 1. The van der Waals surface area contributed by atoms with Crippen molar-refractivity contribution in [2.75, 3.05) is 0 Å². The number of aromatic amines is 1. The van der Waals surface area contributed by atoms with Gasteiger partial charge in [-0.25, -0.2) is 0 Å². The third-order valence-corrected chi connectivity index (χ3v) is 3.62. The van der Waals surface area contributed by atoms with E-state index >= 15 is 0 Å². The van der Waals surface area contributed by atoms with Gasteiger partial charge in [0, 0.05) is 11.6 Å². The van der Waals surface area contributed by atoms with E-state index in [-0.39, 0.29) is 0 Å². The minimum atomic E-state index is -0.413. The minimum absolute atomic E-state index is 0.413. The molecule has 0 atom stereocenters. The maximum atomic E-state index is 11.6. The summed E-state index contributed by atoms with van der Waals surface area (Å²) < 4.78 is 0. The molecular weight excluding hydrogens is 248 g/mol. The smallest absolute Gasteiger partial charge is 0.250 e. The van der Waals surface area contributed by atoms with Crippen LogP contribution in [-0.2, 0) is 6.42 Å². The first-order valence-electron chi connectivity index (χ1n) is 6.69. The van der Waals surface area contributed by atoms with Gasteiger partial charge in [0.15, 0.2) is 0 Å². The average Bonchev–Trinajstić information content (AvgIpc) is 2.94. The van der Waals surface area contributed by atoms with Gasteiger partial charge in [-0.05, 0) is 41.3 Å². The summed E-state index contributed by atoms with van der Waals surface area (Å²) in [5.41, 5.74) is 10.2. The molecule has 0 unspecified atom stereocenters. The quantitative estimate of drug-likeness (QED) is 0.747. The predicted molar refractivity (Wildman–Crippen MR) is 81.6 cm³/mol. The Hall–Kier alpha value is -2.55. The van der Waals surface area contributed by atoms with Crippen molar-refractivity contribution in [2.24, 2.45) is 5.73 Å². The number of benzene rings is 2. The van der Waals surface area contributed by atoms with Crippen LogP contribution < -0.4 is 5.73 Å². The second-order valence-electron chi connectivity index (χ2n) is 4.88. The van der Waals surface area contributed by atoms with Gasteiger partial charge in [0.25, 0.3) is 5.91 Å². The van der Waals surface area contributed by atoms with Crippen molar-refractivity contribution in [3.05, 3.63) is 59.8 Å². The summed E-state index contributed by atoms with van der Waals surface area (Å²) >= 11 is 0. The molecule has 3 nitrogen and oxygen atoms in total. The van der Waals surface area contributed by atoms with Crippen molar-refractivity contribution < 1.29 is 4.79 Å². The zero-order chi connectivity index (χ0) is 14.1. The number of fused-ring (bicyclic) bond motifs is 1.